The van der Waals surface area contributed by atoms with Crippen molar-refractivity contribution in [1.82, 2.24) is 10.6 Å². The molecule has 1 aliphatic rings. The summed E-state index contributed by atoms with van der Waals surface area (Å²) < 4.78 is 16.3. The summed E-state index contributed by atoms with van der Waals surface area (Å²) in [5.74, 6) is 2.25. The fourth-order valence-electron chi connectivity index (χ4n) is 2.53. The van der Waals surface area contributed by atoms with Crippen LogP contribution in [-0.4, -0.2) is 26.0 Å². The minimum absolute atomic E-state index is 0.217. The van der Waals surface area contributed by atoms with Crippen LogP contribution >= 0.6 is 11.6 Å². The molecule has 0 spiro atoms. The third-order valence-corrected chi connectivity index (χ3v) is 4.13. The van der Waals surface area contributed by atoms with Crippen molar-refractivity contribution in [3.05, 3.63) is 52.5 Å². The van der Waals surface area contributed by atoms with Gasteiger partial charge in [-0.15, -0.1) is 0 Å². The molecule has 1 heterocycles. The zero-order chi connectivity index (χ0) is 18.4. The van der Waals surface area contributed by atoms with Gasteiger partial charge in [0.15, 0.2) is 11.5 Å². The van der Waals surface area contributed by atoms with E-state index < -0.39 is 0 Å². The van der Waals surface area contributed by atoms with E-state index in [0.717, 1.165) is 22.6 Å². The van der Waals surface area contributed by atoms with Gasteiger partial charge in [0.1, 0.15) is 5.75 Å². The number of aryl methyl sites for hydroxylation is 1. The Labute approximate surface area is 157 Å². The molecule has 0 bridgehead atoms. The molecule has 1 aliphatic heterocycles. The Morgan fingerprint density at radius 2 is 2.00 bits per heavy atom. The molecule has 0 saturated carbocycles. The second-order valence-electron chi connectivity index (χ2n) is 5.91. The first kappa shape index (κ1) is 18.2. The zero-order valence-corrected chi connectivity index (χ0v) is 15.3. The lowest BCUT2D eigenvalue weighted by Gasteiger charge is -2.10. The van der Waals surface area contributed by atoms with E-state index in [1.807, 2.05) is 37.3 Å². The predicted octanol–water partition coefficient (Wildman–Crippen LogP) is 3.65. The second-order valence-corrected chi connectivity index (χ2v) is 6.35. The van der Waals surface area contributed by atoms with Gasteiger partial charge in [-0.1, -0.05) is 17.7 Å². The van der Waals surface area contributed by atoms with Crippen LogP contribution in [0.15, 0.2) is 36.4 Å². The molecule has 0 aromatic heterocycles. The van der Waals surface area contributed by atoms with Crippen LogP contribution in [0, 0.1) is 6.92 Å². The third-order valence-electron chi connectivity index (χ3n) is 3.89. The van der Waals surface area contributed by atoms with E-state index in [1.54, 1.807) is 6.07 Å². The van der Waals surface area contributed by atoms with Crippen molar-refractivity contribution in [1.29, 1.82) is 0 Å². The van der Waals surface area contributed by atoms with E-state index in [0.29, 0.717) is 36.9 Å². The maximum Gasteiger partial charge on any atom is 0.315 e. The number of urea groups is 1. The smallest absolute Gasteiger partial charge is 0.315 e. The summed E-state index contributed by atoms with van der Waals surface area (Å²) in [6, 6.07) is 10.9. The normalized spacial score (nSPS) is 11.9. The van der Waals surface area contributed by atoms with E-state index in [-0.39, 0.29) is 12.8 Å². The van der Waals surface area contributed by atoms with E-state index >= 15 is 0 Å². The lowest BCUT2D eigenvalue weighted by Crippen LogP contribution is -2.36. The van der Waals surface area contributed by atoms with Crippen LogP contribution in [0.2, 0.25) is 5.02 Å². The van der Waals surface area contributed by atoms with Crippen molar-refractivity contribution in [2.45, 2.75) is 19.9 Å². The monoisotopic (exact) mass is 376 g/mol. The quantitative estimate of drug-likeness (QED) is 0.724. The van der Waals surface area contributed by atoms with Crippen molar-refractivity contribution < 1.29 is 19.0 Å². The van der Waals surface area contributed by atoms with E-state index in [1.165, 1.54) is 0 Å². The molecule has 2 amide bonds. The van der Waals surface area contributed by atoms with Crippen molar-refractivity contribution in [3.8, 4) is 17.2 Å². The van der Waals surface area contributed by atoms with E-state index in [4.69, 9.17) is 25.8 Å². The summed E-state index contributed by atoms with van der Waals surface area (Å²) in [6.07, 6.45) is 0.708. The molecule has 3 rings (SSSR count). The molecule has 6 nitrogen and oxygen atoms in total. The number of benzene rings is 2. The highest BCUT2D eigenvalue weighted by molar-refractivity contribution is 6.30. The maximum absolute atomic E-state index is 11.8. The van der Waals surface area contributed by atoms with Gasteiger partial charge in [-0.05, 0) is 54.8 Å². The van der Waals surface area contributed by atoms with Gasteiger partial charge in [-0.2, -0.15) is 0 Å². The van der Waals surface area contributed by atoms with Crippen LogP contribution in [0.1, 0.15) is 17.5 Å². The van der Waals surface area contributed by atoms with Crippen molar-refractivity contribution >= 4 is 17.6 Å². The molecule has 0 radical (unpaired) electrons. The van der Waals surface area contributed by atoms with E-state index in [9.17, 15) is 4.79 Å². The molecule has 0 saturated heterocycles. The average molecular weight is 377 g/mol. The molecule has 2 aromatic rings. The van der Waals surface area contributed by atoms with Crippen LogP contribution in [0.3, 0.4) is 0 Å². The fraction of sp³-hybridized carbons (Fsp3) is 0.316. The number of ether oxygens (including phenoxy) is 3. The van der Waals surface area contributed by atoms with Crippen LogP contribution < -0.4 is 24.8 Å². The second kappa shape index (κ2) is 8.67. The molecule has 7 heteroatoms. The number of hydrogen-bond donors (Lipinski definition) is 2. The van der Waals surface area contributed by atoms with Crippen molar-refractivity contribution in [2.24, 2.45) is 0 Å². The SMILES string of the molecule is Cc1cc(Cl)ccc1OCCCNC(=O)NCc1ccc2c(c1)OCO2. The van der Waals surface area contributed by atoms with Crippen molar-refractivity contribution in [2.75, 3.05) is 19.9 Å². The van der Waals surface area contributed by atoms with Crippen LogP contribution in [0.25, 0.3) is 0 Å². The average Bonchev–Trinajstić information content (AvgIpc) is 3.09. The molecule has 0 atom stereocenters. The van der Waals surface area contributed by atoms with Gasteiger partial charge in [-0.3, -0.25) is 0 Å². The van der Waals surface area contributed by atoms with Gasteiger partial charge in [-0.25, -0.2) is 4.79 Å². The van der Waals surface area contributed by atoms with Gasteiger partial charge >= 0.3 is 6.03 Å². The number of fused-ring (bicyclic) bond motifs is 1. The highest BCUT2D eigenvalue weighted by Crippen LogP contribution is 2.32. The maximum atomic E-state index is 11.8. The highest BCUT2D eigenvalue weighted by atomic mass is 35.5. The number of hydrogen-bond acceptors (Lipinski definition) is 4. The fourth-order valence-corrected chi connectivity index (χ4v) is 2.75. The lowest BCUT2D eigenvalue weighted by molar-refractivity contribution is 0.174. The van der Waals surface area contributed by atoms with Crippen LogP contribution in [-0.2, 0) is 6.54 Å². The number of halogens is 1. The standard InChI is InChI=1S/C19H21ClN2O4/c1-13-9-15(20)4-6-16(13)24-8-2-7-21-19(23)22-11-14-3-5-17-18(10-14)26-12-25-17/h3-6,9-10H,2,7-8,11-12H2,1H3,(H2,21,22,23). The summed E-state index contributed by atoms with van der Waals surface area (Å²) in [5.41, 5.74) is 1.94. The Balaban J connectivity index is 1.32. The summed E-state index contributed by atoms with van der Waals surface area (Å²) in [7, 11) is 0. The number of rotatable bonds is 7. The van der Waals surface area contributed by atoms with Crippen molar-refractivity contribution in [3.63, 3.8) is 0 Å². The van der Waals surface area contributed by atoms with Gasteiger partial charge in [0.2, 0.25) is 6.79 Å². The Morgan fingerprint density at radius 3 is 2.85 bits per heavy atom. The molecule has 0 fully saturated rings. The minimum atomic E-state index is -0.217. The molecule has 138 valence electrons. The molecule has 0 aliphatic carbocycles. The first-order chi connectivity index (χ1) is 12.6. The predicted molar refractivity (Wildman–Crippen MR) is 99.1 cm³/mol. The Kier molecular flexibility index (Phi) is 6.07. The number of amides is 2. The van der Waals surface area contributed by atoms with Crippen LogP contribution in [0.4, 0.5) is 4.79 Å². The molecule has 2 aromatic carbocycles. The highest BCUT2D eigenvalue weighted by Gasteiger charge is 2.13. The number of carbonyl (C=O) groups excluding carboxylic acids is 1. The summed E-state index contributed by atoms with van der Waals surface area (Å²) >= 11 is 5.91. The molecular formula is C19H21ClN2O4. The summed E-state index contributed by atoms with van der Waals surface area (Å²) in [5, 5.41) is 6.31. The topological polar surface area (TPSA) is 68.8 Å². The Bertz CT molecular complexity index is 782. The summed E-state index contributed by atoms with van der Waals surface area (Å²) in [6.45, 7) is 3.65. The van der Waals surface area contributed by atoms with Gasteiger partial charge in [0.05, 0.1) is 6.61 Å². The number of nitrogens with one attached hydrogen (secondary N) is 2. The Morgan fingerprint density at radius 1 is 1.15 bits per heavy atom. The first-order valence-corrected chi connectivity index (χ1v) is 8.79. The van der Waals surface area contributed by atoms with Crippen LogP contribution in [0.5, 0.6) is 17.2 Å². The summed E-state index contributed by atoms with van der Waals surface area (Å²) in [4.78, 5) is 11.8. The largest absolute Gasteiger partial charge is 0.493 e. The number of carbonyl (C=O) groups is 1. The van der Waals surface area contributed by atoms with Gasteiger partial charge in [0, 0.05) is 18.1 Å². The Hall–Kier alpha value is -2.60. The molecule has 0 unspecified atom stereocenters. The molecule has 26 heavy (non-hydrogen) atoms. The zero-order valence-electron chi connectivity index (χ0n) is 14.5. The van der Waals surface area contributed by atoms with Gasteiger partial charge in [0.25, 0.3) is 0 Å². The first-order valence-electron chi connectivity index (χ1n) is 8.41. The van der Waals surface area contributed by atoms with Gasteiger partial charge < -0.3 is 24.8 Å². The lowest BCUT2D eigenvalue weighted by atomic mass is 10.2. The molecule has 2 N–H and O–H groups in total. The molecular weight excluding hydrogens is 356 g/mol. The third kappa shape index (κ3) is 4.95. The van der Waals surface area contributed by atoms with E-state index in [2.05, 4.69) is 10.6 Å². The minimum Gasteiger partial charge on any atom is -0.493 e.